The monoisotopic (exact) mass is 212 g/mol. The van der Waals surface area contributed by atoms with Crippen molar-refractivity contribution in [3.05, 3.63) is 0 Å². The van der Waals surface area contributed by atoms with Gasteiger partial charge in [-0.1, -0.05) is 0 Å². The van der Waals surface area contributed by atoms with Crippen LogP contribution in [0.5, 0.6) is 0 Å². The Morgan fingerprint density at radius 3 is 3.00 bits per heavy atom. The van der Waals surface area contributed by atoms with Crippen molar-refractivity contribution in [3.8, 4) is 6.07 Å². The lowest BCUT2D eigenvalue weighted by Gasteiger charge is -2.21. The molecule has 78 valence electrons. The summed E-state index contributed by atoms with van der Waals surface area (Å²) < 4.78 is 0. The zero-order valence-electron chi connectivity index (χ0n) is 8.69. The SMILES string of the molecule is CC(C#N)CN(C)C(=O)C1CCSC1. The fraction of sp³-hybridized carbons (Fsp3) is 0.800. The molecule has 2 atom stereocenters. The van der Waals surface area contributed by atoms with Crippen molar-refractivity contribution in [2.45, 2.75) is 13.3 Å². The van der Waals surface area contributed by atoms with Gasteiger partial charge >= 0.3 is 0 Å². The summed E-state index contributed by atoms with van der Waals surface area (Å²) in [5.41, 5.74) is 0. The van der Waals surface area contributed by atoms with Crippen molar-refractivity contribution < 1.29 is 4.79 Å². The minimum absolute atomic E-state index is 0.0713. The van der Waals surface area contributed by atoms with Gasteiger partial charge in [0.25, 0.3) is 0 Å². The summed E-state index contributed by atoms with van der Waals surface area (Å²) in [6.07, 6.45) is 0.995. The number of carbonyl (C=O) groups is 1. The average molecular weight is 212 g/mol. The Balaban J connectivity index is 2.40. The zero-order chi connectivity index (χ0) is 10.6. The second-order valence-electron chi connectivity index (χ2n) is 3.81. The van der Waals surface area contributed by atoms with Crippen LogP contribution in [0, 0.1) is 23.2 Å². The molecule has 0 bridgehead atoms. The average Bonchev–Trinajstić information content (AvgIpc) is 2.69. The maximum absolute atomic E-state index is 11.8. The van der Waals surface area contributed by atoms with Crippen LogP contribution in [-0.2, 0) is 4.79 Å². The van der Waals surface area contributed by atoms with E-state index >= 15 is 0 Å². The van der Waals surface area contributed by atoms with Gasteiger partial charge in [0.15, 0.2) is 0 Å². The van der Waals surface area contributed by atoms with Crippen LogP contribution >= 0.6 is 11.8 Å². The Morgan fingerprint density at radius 1 is 1.79 bits per heavy atom. The molecule has 0 aliphatic carbocycles. The molecule has 0 saturated carbocycles. The molecule has 3 nitrogen and oxygen atoms in total. The van der Waals surface area contributed by atoms with Gasteiger partial charge in [0, 0.05) is 25.3 Å². The third-order valence-electron chi connectivity index (χ3n) is 2.42. The highest BCUT2D eigenvalue weighted by Crippen LogP contribution is 2.24. The van der Waals surface area contributed by atoms with E-state index in [2.05, 4.69) is 6.07 Å². The van der Waals surface area contributed by atoms with Gasteiger partial charge in [-0.3, -0.25) is 4.79 Å². The zero-order valence-corrected chi connectivity index (χ0v) is 9.51. The summed E-state index contributed by atoms with van der Waals surface area (Å²) >= 11 is 1.84. The molecule has 0 N–H and O–H groups in total. The highest BCUT2D eigenvalue weighted by molar-refractivity contribution is 7.99. The van der Waals surface area contributed by atoms with Crippen LogP contribution in [0.15, 0.2) is 0 Å². The predicted molar refractivity (Wildman–Crippen MR) is 57.8 cm³/mol. The van der Waals surface area contributed by atoms with Gasteiger partial charge in [-0.25, -0.2) is 0 Å². The van der Waals surface area contributed by atoms with E-state index < -0.39 is 0 Å². The summed E-state index contributed by atoms with van der Waals surface area (Å²) in [5.74, 6) is 2.37. The number of nitrogens with zero attached hydrogens (tertiary/aromatic N) is 2. The van der Waals surface area contributed by atoms with Gasteiger partial charge in [-0.15, -0.1) is 0 Å². The molecule has 0 spiro atoms. The summed E-state index contributed by atoms with van der Waals surface area (Å²) in [6.45, 7) is 2.39. The van der Waals surface area contributed by atoms with Crippen molar-refractivity contribution >= 4 is 17.7 Å². The van der Waals surface area contributed by atoms with E-state index in [1.165, 1.54) is 0 Å². The number of thioether (sulfide) groups is 1. The molecule has 1 heterocycles. The van der Waals surface area contributed by atoms with E-state index in [1.54, 1.807) is 11.9 Å². The first-order valence-corrected chi connectivity index (χ1v) is 6.03. The van der Waals surface area contributed by atoms with Gasteiger partial charge in [-0.05, 0) is 19.1 Å². The molecule has 4 heteroatoms. The van der Waals surface area contributed by atoms with Crippen molar-refractivity contribution in [2.75, 3.05) is 25.1 Å². The molecule has 0 radical (unpaired) electrons. The molecule has 1 rings (SSSR count). The first-order chi connectivity index (χ1) is 6.65. The number of nitriles is 1. The Morgan fingerprint density at radius 2 is 2.50 bits per heavy atom. The van der Waals surface area contributed by atoms with Crippen molar-refractivity contribution in [1.29, 1.82) is 5.26 Å². The second-order valence-corrected chi connectivity index (χ2v) is 4.96. The van der Waals surface area contributed by atoms with E-state index in [1.807, 2.05) is 18.7 Å². The minimum Gasteiger partial charge on any atom is -0.344 e. The number of hydrogen-bond donors (Lipinski definition) is 0. The molecule has 1 amide bonds. The summed E-state index contributed by atoms with van der Waals surface area (Å²) in [6, 6.07) is 2.14. The third kappa shape index (κ3) is 2.91. The molecule has 1 aliphatic rings. The molecule has 14 heavy (non-hydrogen) atoms. The molecule has 0 aromatic heterocycles. The standard InChI is InChI=1S/C10H16N2OS/c1-8(5-11)6-12(2)10(13)9-3-4-14-7-9/h8-9H,3-4,6-7H2,1-2H3. The lowest BCUT2D eigenvalue weighted by atomic mass is 10.1. The minimum atomic E-state index is -0.0713. The largest absolute Gasteiger partial charge is 0.344 e. The van der Waals surface area contributed by atoms with E-state index in [0.717, 1.165) is 17.9 Å². The molecular weight excluding hydrogens is 196 g/mol. The van der Waals surface area contributed by atoms with Crippen LogP contribution in [0.25, 0.3) is 0 Å². The maximum atomic E-state index is 11.8. The Hall–Kier alpha value is -0.690. The van der Waals surface area contributed by atoms with Gasteiger partial charge in [0.1, 0.15) is 0 Å². The third-order valence-corrected chi connectivity index (χ3v) is 3.59. The fourth-order valence-electron chi connectivity index (χ4n) is 1.58. The van der Waals surface area contributed by atoms with Crippen LogP contribution < -0.4 is 0 Å². The van der Waals surface area contributed by atoms with Crippen LogP contribution in [0.3, 0.4) is 0 Å². The lowest BCUT2D eigenvalue weighted by Crippen LogP contribution is -2.35. The lowest BCUT2D eigenvalue weighted by molar-refractivity contribution is -0.133. The number of hydrogen-bond acceptors (Lipinski definition) is 3. The van der Waals surface area contributed by atoms with Gasteiger partial charge in [-0.2, -0.15) is 17.0 Å². The first kappa shape index (κ1) is 11.4. The first-order valence-electron chi connectivity index (χ1n) is 4.87. The highest BCUT2D eigenvalue weighted by Gasteiger charge is 2.26. The predicted octanol–water partition coefficient (Wildman–Crippen LogP) is 1.36. The number of rotatable bonds is 3. The summed E-state index contributed by atoms with van der Waals surface area (Å²) in [7, 11) is 1.79. The topological polar surface area (TPSA) is 44.1 Å². The number of carbonyl (C=O) groups excluding carboxylic acids is 1. The van der Waals surface area contributed by atoms with E-state index in [-0.39, 0.29) is 17.7 Å². The molecular formula is C10H16N2OS. The normalized spacial score (nSPS) is 22.8. The van der Waals surface area contributed by atoms with Crippen molar-refractivity contribution in [1.82, 2.24) is 4.90 Å². The molecule has 1 fully saturated rings. The van der Waals surface area contributed by atoms with Crippen LogP contribution in [0.4, 0.5) is 0 Å². The molecule has 2 unspecified atom stereocenters. The Labute approximate surface area is 89.5 Å². The molecule has 0 aromatic rings. The smallest absolute Gasteiger partial charge is 0.226 e. The Kier molecular flexibility index (Phi) is 4.27. The summed E-state index contributed by atoms with van der Waals surface area (Å²) in [4.78, 5) is 13.5. The van der Waals surface area contributed by atoms with Gasteiger partial charge < -0.3 is 4.90 Å². The molecule has 1 saturated heterocycles. The van der Waals surface area contributed by atoms with E-state index in [4.69, 9.17) is 5.26 Å². The summed E-state index contributed by atoms with van der Waals surface area (Å²) in [5, 5.41) is 8.64. The van der Waals surface area contributed by atoms with Crippen molar-refractivity contribution in [3.63, 3.8) is 0 Å². The van der Waals surface area contributed by atoms with Crippen LogP contribution in [0.2, 0.25) is 0 Å². The van der Waals surface area contributed by atoms with Crippen LogP contribution in [-0.4, -0.2) is 35.9 Å². The van der Waals surface area contributed by atoms with Crippen molar-refractivity contribution in [2.24, 2.45) is 11.8 Å². The van der Waals surface area contributed by atoms with Gasteiger partial charge in [0.2, 0.25) is 5.91 Å². The quantitative estimate of drug-likeness (QED) is 0.709. The molecule has 1 aliphatic heterocycles. The number of amides is 1. The maximum Gasteiger partial charge on any atom is 0.226 e. The van der Waals surface area contributed by atoms with Crippen LogP contribution in [0.1, 0.15) is 13.3 Å². The van der Waals surface area contributed by atoms with E-state index in [0.29, 0.717) is 6.54 Å². The molecule has 0 aromatic carbocycles. The van der Waals surface area contributed by atoms with Gasteiger partial charge in [0.05, 0.1) is 12.0 Å². The fourth-order valence-corrected chi connectivity index (χ4v) is 2.79. The van der Waals surface area contributed by atoms with E-state index in [9.17, 15) is 4.79 Å². The highest BCUT2D eigenvalue weighted by atomic mass is 32.2. The second kappa shape index (κ2) is 5.26. The Bertz CT molecular complexity index is 243.